The summed E-state index contributed by atoms with van der Waals surface area (Å²) in [4.78, 5) is 4.44. The van der Waals surface area contributed by atoms with Crippen LogP contribution in [0.5, 0.6) is 0 Å². The summed E-state index contributed by atoms with van der Waals surface area (Å²) in [5.74, 6) is 1.91. The van der Waals surface area contributed by atoms with Crippen LogP contribution in [0.25, 0.3) is 0 Å². The van der Waals surface area contributed by atoms with Crippen molar-refractivity contribution in [3.05, 3.63) is 36.0 Å². The molecule has 0 radical (unpaired) electrons. The van der Waals surface area contributed by atoms with Gasteiger partial charge in [0.2, 0.25) is 5.89 Å². The van der Waals surface area contributed by atoms with E-state index in [9.17, 15) is 0 Å². The molecule has 2 atom stereocenters. The average molecular weight is 284 g/mol. The standard InChI is InChI=1S/C16H20N4O/c1-2-9-17-13(5-1)10-12-4-3-6-14(12)18-16-20-19-15(21-16)11-7-8-11/h1-2,5,9,11-12,14H,3-4,6-8,10H2,(H,18,20). The molecule has 0 saturated heterocycles. The first-order valence-electron chi connectivity index (χ1n) is 7.88. The Bertz CT molecular complexity index is 593. The summed E-state index contributed by atoms with van der Waals surface area (Å²) in [6.45, 7) is 0. The van der Waals surface area contributed by atoms with Crippen LogP contribution in [0, 0.1) is 5.92 Å². The zero-order valence-corrected chi connectivity index (χ0v) is 12.0. The van der Waals surface area contributed by atoms with Crippen molar-refractivity contribution in [2.45, 2.75) is 50.5 Å². The number of nitrogens with zero attached hydrogens (tertiary/aromatic N) is 3. The summed E-state index contributed by atoms with van der Waals surface area (Å²) in [7, 11) is 0. The van der Waals surface area contributed by atoms with Crippen molar-refractivity contribution < 1.29 is 4.42 Å². The van der Waals surface area contributed by atoms with Crippen molar-refractivity contribution in [3.63, 3.8) is 0 Å². The van der Waals surface area contributed by atoms with Gasteiger partial charge in [-0.3, -0.25) is 4.98 Å². The molecule has 0 aliphatic heterocycles. The van der Waals surface area contributed by atoms with Crippen LogP contribution in [0.15, 0.2) is 28.8 Å². The van der Waals surface area contributed by atoms with E-state index in [1.165, 1.54) is 37.8 Å². The van der Waals surface area contributed by atoms with Gasteiger partial charge in [-0.1, -0.05) is 17.6 Å². The summed E-state index contributed by atoms with van der Waals surface area (Å²) >= 11 is 0. The Hall–Kier alpha value is -1.91. The van der Waals surface area contributed by atoms with Crippen LogP contribution < -0.4 is 5.32 Å². The molecule has 0 bridgehead atoms. The lowest BCUT2D eigenvalue weighted by Crippen LogP contribution is -2.25. The van der Waals surface area contributed by atoms with E-state index in [1.807, 2.05) is 12.3 Å². The van der Waals surface area contributed by atoms with Crippen molar-refractivity contribution in [2.24, 2.45) is 5.92 Å². The fraction of sp³-hybridized carbons (Fsp3) is 0.562. The summed E-state index contributed by atoms with van der Waals surface area (Å²) < 4.78 is 5.72. The highest BCUT2D eigenvalue weighted by Gasteiger charge is 2.31. The van der Waals surface area contributed by atoms with Crippen molar-refractivity contribution in [2.75, 3.05) is 5.32 Å². The lowest BCUT2D eigenvalue weighted by Gasteiger charge is -2.19. The Balaban J connectivity index is 1.41. The highest BCUT2D eigenvalue weighted by Crippen LogP contribution is 2.40. The Labute approximate surface area is 124 Å². The van der Waals surface area contributed by atoms with Crippen LogP contribution in [-0.4, -0.2) is 21.2 Å². The lowest BCUT2D eigenvalue weighted by atomic mass is 9.97. The van der Waals surface area contributed by atoms with Crippen LogP contribution in [0.2, 0.25) is 0 Å². The third-order valence-electron chi connectivity index (χ3n) is 4.53. The van der Waals surface area contributed by atoms with Crippen LogP contribution in [0.1, 0.15) is 49.6 Å². The Kier molecular flexibility index (Phi) is 3.33. The molecule has 21 heavy (non-hydrogen) atoms. The van der Waals surface area contributed by atoms with Crippen LogP contribution in [0.3, 0.4) is 0 Å². The van der Waals surface area contributed by atoms with Gasteiger partial charge in [0, 0.05) is 23.9 Å². The number of hydrogen-bond donors (Lipinski definition) is 1. The second-order valence-electron chi connectivity index (χ2n) is 6.19. The maximum Gasteiger partial charge on any atom is 0.315 e. The van der Waals surface area contributed by atoms with E-state index >= 15 is 0 Å². The summed E-state index contributed by atoms with van der Waals surface area (Å²) in [5.41, 5.74) is 1.17. The Morgan fingerprint density at radius 3 is 2.90 bits per heavy atom. The third-order valence-corrected chi connectivity index (χ3v) is 4.53. The van der Waals surface area contributed by atoms with Gasteiger partial charge >= 0.3 is 6.01 Å². The molecule has 5 nitrogen and oxygen atoms in total. The SMILES string of the molecule is c1ccc(CC2CCCC2Nc2nnc(C3CC3)o2)nc1. The van der Waals surface area contributed by atoms with Gasteiger partial charge in [0.25, 0.3) is 0 Å². The number of anilines is 1. The largest absolute Gasteiger partial charge is 0.408 e. The molecule has 2 aliphatic rings. The third kappa shape index (κ3) is 2.91. The number of hydrogen-bond acceptors (Lipinski definition) is 5. The van der Waals surface area contributed by atoms with E-state index in [4.69, 9.17) is 4.42 Å². The highest BCUT2D eigenvalue weighted by molar-refractivity contribution is 5.23. The van der Waals surface area contributed by atoms with Crippen LogP contribution in [0.4, 0.5) is 6.01 Å². The molecular weight excluding hydrogens is 264 g/mol. The Morgan fingerprint density at radius 1 is 1.14 bits per heavy atom. The molecule has 2 fully saturated rings. The normalized spacial score (nSPS) is 25.1. The van der Waals surface area contributed by atoms with Crippen molar-refractivity contribution >= 4 is 6.01 Å². The molecule has 1 N–H and O–H groups in total. The molecule has 2 saturated carbocycles. The molecule has 5 heteroatoms. The van der Waals surface area contributed by atoms with E-state index in [-0.39, 0.29) is 0 Å². The molecule has 110 valence electrons. The summed E-state index contributed by atoms with van der Waals surface area (Å²) in [6, 6.07) is 7.13. The maximum absolute atomic E-state index is 5.72. The van der Waals surface area contributed by atoms with Crippen molar-refractivity contribution in [1.29, 1.82) is 0 Å². The monoisotopic (exact) mass is 284 g/mol. The predicted octanol–water partition coefficient (Wildman–Crippen LogP) is 3.17. The van der Waals surface area contributed by atoms with Gasteiger partial charge in [0.05, 0.1) is 0 Å². The highest BCUT2D eigenvalue weighted by atomic mass is 16.4. The summed E-state index contributed by atoms with van der Waals surface area (Å²) in [6.07, 6.45) is 8.91. The van der Waals surface area contributed by atoms with Gasteiger partial charge in [-0.2, -0.15) is 0 Å². The lowest BCUT2D eigenvalue weighted by molar-refractivity contribution is 0.462. The van der Waals surface area contributed by atoms with Gasteiger partial charge in [-0.15, -0.1) is 5.10 Å². The van der Waals surface area contributed by atoms with E-state index in [2.05, 4.69) is 32.6 Å². The van der Waals surface area contributed by atoms with E-state index in [0.717, 1.165) is 12.3 Å². The Morgan fingerprint density at radius 2 is 2.10 bits per heavy atom. The van der Waals surface area contributed by atoms with E-state index < -0.39 is 0 Å². The van der Waals surface area contributed by atoms with Gasteiger partial charge < -0.3 is 9.73 Å². The zero-order valence-electron chi connectivity index (χ0n) is 12.0. The maximum atomic E-state index is 5.72. The van der Waals surface area contributed by atoms with Gasteiger partial charge in [-0.05, 0) is 50.2 Å². The number of rotatable bonds is 5. The summed E-state index contributed by atoms with van der Waals surface area (Å²) in [5, 5.41) is 11.7. The van der Waals surface area contributed by atoms with Gasteiger partial charge in [0.1, 0.15) is 0 Å². The molecule has 2 unspecified atom stereocenters. The topological polar surface area (TPSA) is 63.8 Å². The van der Waals surface area contributed by atoms with Gasteiger partial charge in [0.15, 0.2) is 0 Å². The van der Waals surface area contributed by atoms with Crippen molar-refractivity contribution in [1.82, 2.24) is 15.2 Å². The first-order chi connectivity index (χ1) is 10.4. The fourth-order valence-electron chi connectivity index (χ4n) is 3.21. The molecule has 2 aromatic heterocycles. The predicted molar refractivity (Wildman–Crippen MR) is 79.0 cm³/mol. The van der Waals surface area contributed by atoms with Gasteiger partial charge in [-0.25, -0.2) is 0 Å². The minimum atomic E-state index is 0.416. The molecule has 2 aromatic rings. The minimum Gasteiger partial charge on any atom is -0.408 e. The second kappa shape index (κ2) is 5.47. The van der Waals surface area contributed by atoms with E-state index in [1.54, 1.807) is 0 Å². The van der Waals surface area contributed by atoms with Crippen LogP contribution in [-0.2, 0) is 6.42 Å². The van der Waals surface area contributed by atoms with Crippen molar-refractivity contribution in [3.8, 4) is 0 Å². The molecule has 0 spiro atoms. The number of aromatic nitrogens is 3. The molecule has 0 aromatic carbocycles. The zero-order chi connectivity index (χ0) is 14.1. The molecule has 2 aliphatic carbocycles. The number of nitrogens with one attached hydrogen (secondary N) is 1. The van der Waals surface area contributed by atoms with Crippen LogP contribution >= 0.6 is 0 Å². The molecule has 4 rings (SSSR count). The smallest absolute Gasteiger partial charge is 0.315 e. The molecule has 2 heterocycles. The average Bonchev–Trinajstić information content (AvgIpc) is 3.12. The fourth-order valence-corrected chi connectivity index (χ4v) is 3.21. The minimum absolute atomic E-state index is 0.416. The number of pyridine rings is 1. The second-order valence-corrected chi connectivity index (χ2v) is 6.19. The van der Waals surface area contributed by atoms with E-state index in [0.29, 0.717) is 23.9 Å². The first-order valence-corrected chi connectivity index (χ1v) is 7.88. The first kappa shape index (κ1) is 12.8. The molecular formula is C16H20N4O. The molecule has 0 amide bonds. The quantitative estimate of drug-likeness (QED) is 0.913.